The molecule has 0 aliphatic rings. The van der Waals surface area contributed by atoms with Crippen molar-refractivity contribution in [2.75, 3.05) is 12.4 Å². The van der Waals surface area contributed by atoms with Crippen molar-refractivity contribution in [2.45, 2.75) is 6.92 Å². The summed E-state index contributed by atoms with van der Waals surface area (Å²) in [5.74, 6) is -0.649. The second-order valence-corrected chi connectivity index (χ2v) is 3.48. The molecule has 0 heterocycles. The van der Waals surface area contributed by atoms with Gasteiger partial charge in [0.1, 0.15) is 5.75 Å². The number of benzene rings is 1. The van der Waals surface area contributed by atoms with Gasteiger partial charge in [-0.1, -0.05) is 11.6 Å². The largest absolute Gasteiger partial charge is 0.496 e. The van der Waals surface area contributed by atoms with Gasteiger partial charge in [0.2, 0.25) is 5.91 Å². The van der Waals surface area contributed by atoms with Crippen molar-refractivity contribution in [3.63, 3.8) is 0 Å². The quantitative estimate of drug-likeness (QED) is 0.885. The second-order valence-electron chi connectivity index (χ2n) is 3.08. The number of amides is 2. The first-order valence-electron chi connectivity index (χ1n) is 4.40. The Hall–Kier alpha value is -1.46. The van der Waals surface area contributed by atoms with Crippen LogP contribution in [0.15, 0.2) is 12.1 Å². The third-order valence-corrected chi connectivity index (χ3v) is 2.18. The van der Waals surface area contributed by atoms with E-state index < -0.39 is 5.91 Å². The van der Waals surface area contributed by atoms with Crippen LogP contribution in [0.5, 0.6) is 5.75 Å². The number of anilines is 1. The Bertz CT molecular complexity index is 449. The fraction of sp³-hybridized carbons (Fsp3) is 0.200. The Kier molecular flexibility index (Phi) is 5.78. The molecule has 1 aromatic carbocycles. The van der Waals surface area contributed by atoms with Crippen LogP contribution in [0.4, 0.5) is 5.69 Å². The third-order valence-electron chi connectivity index (χ3n) is 1.87. The van der Waals surface area contributed by atoms with Crippen molar-refractivity contribution < 1.29 is 14.3 Å². The van der Waals surface area contributed by atoms with E-state index in [4.69, 9.17) is 22.1 Å². The van der Waals surface area contributed by atoms with Crippen molar-refractivity contribution in [1.29, 1.82) is 0 Å². The molecule has 0 aliphatic carbocycles. The summed E-state index contributed by atoms with van der Waals surface area (Å²) < 4.78 is 4.97. The molecule has 5 nitrogen and oxygen atoms in total. The predicted octanol–water partition coefficient (Wildman–Crippen LogP) is 1.83. The standard InChI is InChI=1S/C10H11ClN2O3.ClH/c1-5(14)13-8-4-9(16-2)6(10(12)15)3-7(8)11;/h3-4H,1-2H3,(H2,12,15)(H,13,14);1H. The van der Waals surface area contributed by atoms with Crippen LogP contribution in [0.3, 0.4) is 0 Å². The number of carbonyl (C=O) groups is 2. The lowest BCUT2D eigenvalue weighted by Crippen LogP contribution is -2.13. The molecular formula is C10H12Cl2N2O3. The molecule has 94 valence electrons. The highest BCUT2D eigenvalue weighted by atomic mass is 35.5. The van der Waals surface area contributed by atoms with Crippen LogP contribution >= 0.6 is 24.0 Å². The number of methoxy groups -OCH3 is 1. The molecule has 0 spiro atoms. The molecule has 0 aromatic heterocycles. The van der Waals surface area contributed by atoms with Crippen molar-refractivity contribution in [3.8, 4) is 5.75 Å². The minimum absolute atomic E-state index is 0. The maximum atomic E-state index is 11.1. The van der Waals surface area contributed by atoms with E-state index in [0.29, 0.717) is 5.69 Å². The average molecular weight is 279 g/mol. The van der Waals surface area contributed by atoms with Gasteiger partial charge in [0.25, 0.3) is 5.91 Å². The van der Waals surface area contributed by atoms with E-state index >= 15 is 0 Å². The van der Waals surface area contributed by atoms with E-state index in [-0.39, 0.29) is 34.6 Å². The highest BCUT2D eigenvalue weighted by Crippen LogP contribution is 2.30. The Morgan fingerprint density at radius 1 is 1.41 bits per heavy atom. The highest BCUT2D eigenvalue weighted by molar-refractivity contribution is 6.34. The van der Waals surface area contributed by atoms with Crippen molar-refractivity contribution in [3.05, 3.63) is 22.7 Å². The lowest BCUT2D eigenvalue weighted by atomic mass is 10.1. The zero-order valence-electron chi connectivity index (χ0n) is 9.24. The van der Waals surface area contributed by atoms with E-state index in [9.17, 15) is 9.59 Å². The Labute approximate surface area is 110 Å². The van der Waals surface area contributed by atoms with E-state index in [0.717, 1.165) is 0 Å². The molecule has 1 rings (SSSR count). The lowest BCUT2D eigenvalue weighted by molar-refractivity contribution is -0.114. The molecule has 0 atom stereocenters. The maximum absolute atomic E-state index is 11.1. The number of halogens is 2. The number of ether oxygens (including phenoxy) is 1. The lowest BCUT2D eigenvalue weighted by Gasteiger charge is -2.10. The van der Waals surface area contributed by atoms with Crippen molar-refractivity contribution in [2.24, 2.45) is 5.73 Å². The van der Waals surface area contributed by atoms with Crippen LogP contribution in [-0.4, -0.2) is 18.9 Å². The van der Waals surface area contributed by atoms with Crippen LogP contribution in [-0.2, 0) is 4.79 Å². The smallest absolute Gasteiger partial charge is 0.252 e. The fourth-order valence-electron chi connectivity index (χ4n) is 1.20. The summed E-state index contributed by atoms with van der Waals surface area (Å²) in [6, 6.07) is 2.80. The molecule has 0 bridgehead atoms. The van der Waals surface area contributed by atoms with Gasteiger partial charge < -0.3 is 15.8 Å². The van der Waals surface area contributed by atoms with Crippen LogP contribution in [0, 0.1) is 0 Å². The number of rotatable bonds is 3. The number of primary amides is 1. The molecule has 0 unspecified atom stereocenters. The minimum Gasteiger partial charge on any atom is -0.496 e. The number of hydrogen-bond donors (Lipinski definition) is 2. The molecule has 0 saturated heterocycles. The topological polar surface area (TPSA) is 81.4 Å². The Morgan fingerprint density at radius 3 is 2.41 bits per heavy atom. The first kappa shape index (κ1) is 15.5. The van der Waals surface area contributed by atoms with Crippen molar-refractivity contribution in [1.82, 2.24) is 0 Å². The first-order chi connectivity index (χ1) is 7.45. The van der Waals surface area contributed by atoms with Gasteiger partial charge >= 0.3 is 0 Å². The van der Waals surface area contributed by atoms with Crippen molar-refractivity contribution >= 4 is 41.5 Å². The normalized spacial score (nSPS) is 9.12. The summed E-state index contributed by atoms with van der Waals surface area (Å²) in [7, 11) is 1.40. The van der Waals surface area contributed by atoms with Gasteiger partial charge in [-0.15, -0.1) is 12.4 Å². The van der Waals surface area contributed by atoms with Crippen LogP contribution < -0.4 is 15.8 Å². The molecule has 0 saturated carbocycles. The Morgan fingerprint density at radius 2 is 2.00 bits per heavy atom. The molecule has 0 radical (unpaired) electrons. The summed E-state index contributed by atoms with van der Waals surface area (Å²) in [6.45, 7) is 1.35. The highest BCUT2D eigenvalue weighted by Gasteiger charge is 2.13. The number of hydrogen-bond acceptors (Lipinski definition) is 3. The minimum atomic E-state index is -0.645. The SMILES string of the molecule is COc1cc(NC(C)=O)c(Cl)cc1C(N)=O.Cl. The van der Waals surface area contributed by atoms with Crippen LogP contribution in [0.25, 0.3) is 0 Å². The van der Waals surface area contributed by atoms with E-state index in [2.05, 4.69) is 5.32 Å². The molecule has 0 aliphatic heterocycles. The average Bonchev–Trinajstić information content (AvgIpc) is 2.19. The van der Waals surface area contributed by atoms with Gasteiger partial charge in [0, 0.05) is 13.0 Å². The van der Waals surface area contributed by atoms with Gasteiger partial charge in [0.05, 0.1) is 23.4 Å². The molecule has 17 heavy (non-hydrogen) atoms. The van der Waals surface area contributed by atoms with Gasteiger partial charge in [-0.05, 0) is 6.07 Å². The van der Waals surface area contributed by atoms with Gasteiger partial charge in [0.15, 0.2) is 0 Å². The maximum Gasteiger partial charge on any atom is 0.252 e. The number of nitrogens with two attached hydrogens (primary N) is 1. The van der Waals surface area contributed by atoms with E-state index in [1.165, 1.54) is 26.2 Å². The van der Waals surface area contributed by atoms with Gasteiger partial charge in [-0.25, -0.2) is 0 Å². The molecular weight excluding hydrogens is 267 g/mol. The van der Waals surface area contributed by atoms with Crippen LogP contribution in [0.2, 0.25) is 5.02 Å². The molecule has 3 N–H and O–H groups in total. The molecule has 2 amide bonds. The van der Waals surface area contributed by atoms with Gasteiger partial charge in [-0.3, -0.25) is 9.59 Å². The fourth-order valence-corrected chi connectivity index (χ4v) is 1.41. The number of nitrogens with one attached hydrogen (secondary N) is 1. The first-order valence-corrected chi connectivity index (χ1v) is 4.78. The third kappa shape index (κ3) is 3.80. The number of carbonyl (C=O) groups excluding carboxylic acids is 2. The summed E-state index contributed by atoms with van der Waals surface area (Å²) in [6.07, 6.45) is 0. The summed E-state index contributed by atoms with van der Waals surface area (Å²) in [5, 5.41) is 2.74. The van der Waals surface area contributed by atoms with E-state index in [1.807, 2.05) is 0 Å². The summed E-state index contributed by atoms with van der Waals surface area (Å²) in [4.78, 5) is 21.9. The summed E-state index contributed by atoms with van der Waals surface area (Å²) >= 11 is 5.87. The van der Waals surface area contributed by atoms with E-state index in [1.54, 1.807) is 0 Å². The summed E-state index contributed by atoms with van der Waals surface area (Å²) in [5.41, 5.74) is 5.68. The predicted molar refractivity (Wildman–Crippen MR) is 68.1 cm³/mol. The monoisotopic (exact) mass is 278 g/mol. The zero-order valence-corrected chi connectivity index (χ0v) is 10.8. The van der Waals surface area contributed by atoms with Gasteiger partial charge in [-0.2, -0.15) is 0 Å². The second kappa shape index (κ2) is 6.32. The van der Waals surface area contributed by atoms with Crippen LogP contribution in [0.1, 0.15) is 17.3 Å². The molecule has 1 aromatic rings. The molecule has 7 heteroatoms. The zero-order chi connectivity index (χ0) is 12.3. The Balaban J connectivity index is 0.00000256. The molecule has 0 fully saturated rings.